The Kier molecular flexibility index (Phi) is 92.9. The summed E-state index contributed by atoms with van der Waals surface area (Å²) in [5.41, 5.74) is 14.6. The highest BCUT2D eigenvalue weighted by Gasteiger charge is 2.26. The second kappa shape index (κ2) is 87.9. The highest BCUT2D eigenvalue weighted by Crippen LogP contribution is 2.41. The van der Waals surface area contributed by atoms with Gasteiger partial charge in [0.05, 0.1) is 11.2 Å². The quantitative estimate of drug-likeness (QED) is 0.139. The first-order valence-corrected chi connectivity index (χ1v) is 36.9. The van der Waals surface area contributed by atoms with E-state index < -0.39 is 0 Å². The summed E-state index contributed by atoms with van der Waals surface area (Å²) < 4.78 is 0. The number of nitrogens with zero attached hydrogens (tertiary/aromatic N) is 15. The minimum Gasteiger partial charge on any atom is -0.265 e. The molecule has 0 spiro atoms. The van der Waals surface area contributed by atoms with E-state index in [1.165, 1.54) is 69.7 Å². The second-order valence-electron chi connectivity index (χ2n) is 17.7. The molecule has 564 valence electrons. The Morgan fingerprint density at radius 1 is 0.262 bits per heavy atom. The van der Waals surface area contributed by atoms with Gasteiger partial charge in [-0.2, -0.15) is 0 Å². The summed E-state index contributed by atoms with van der Waals surface area (Å²) >= 11 is 0. The number of rotatable bonds is 0. The minimum atomic E-state index is 0.509. The molecule has 0 radical (unpaired) electrons. The molecule has 0 N–H and O–H groups in total. The molecule has 3 aliphatic carbocycles. The molecule has 0 saturated carbocycles. The summed E-state index contributed by atoms with van der Waals surface area (Å²) in [6.45, 7) is 63.8. The first-order valence-electron chi connectivity index (χ1n) is 36.9. The average Bonchev–Trinajstić information content (AvgIpc) is 0.781. The smallest absolute Gasteiger partial charge is 0.128 e. The van der Waals surface area contributed by atoms with Crippen molar-refractivity contribution in [2.75, 3.05) is 0 Å². The number of aryl methyl sites for hydroxylation is 9. The van der Waals surface area contributed by atoms with Gasteiger partial charge in [0.2, 0.25) is 0 Å². The summed E-state index contributed by atoms with van der Waals surface area (Å²) in [4.78, 5) is 57.8. The molecule has 15 heteroatoms. The van der Waals surface area contributed by atoms with Crippen LogP contribution >= 0.6 is 0 Å². The zero-order chi connectivity index (χ0) is 80.1. The molecular weight excluding hydrogens is 1270 g/mol. The third kappa shape index (κ3) is 63.7. The molecule has 1 unspecified atom stereocenters. The van der Waals surface area contributed by atoms with Crippen LogP contribution in [0.3, 0.4) is 0 Å². The topological polar surface area (TPSA) is 193 Å². The van der Waals surface area contributed by atoms with Crippen LogP contribution in [0.2, 0.25) is 0 Å². The summed E-state index contributed by atoms with van der Waals surface area (Å²) in [5, 5.41) is 1.22. The molecule has 0 saturated heterocycles. The van der Waals surface area contributed by atoms with Crippen molar-refractivity contribution in [1.29, 1.82) is 0 Å². The largest absolute Gasteiger partial charge is 0.265 e. The predicted molar refractivity (Wildman–Crippen MR) is 450 cm³/mol. The van der Waals surface area contributed by atoms with E-state index >= 15 is 0 Å². The second-order valence-corrected chi connectivity index (χ2v) is 17.7. The average molecular weight is 1410 g/mol. The highest BCUT2D eigenvalue weighted by molar-refractivity contribution is 5.81. The number of aromatic nitrogens is 15. The van der Waals surface area contributed by atoms with Crippen molar-refractivity contribution in [3.05, 3.63) is 319 Å². The number of fused-ring (bicyclic) bond motifs is 1. The molecule has 9 aromatic heterocycles. The first-order chi connectivity index (χ1) is 50.4. The van der Waals surface area contributed by atoms with Crippen molar-refractivity contribution in [3.63, 3.8) is 0 Å². The number of benzene rings is 1. The third-order valence-electron chi connectivity index (χ3n) is 10.8. The molecule has 9 heterocycles. The van der Waals surface area contributed by atoms with E-state index in [0.29, 0.717) is 5.92 Å². The van der Waals surface area contributed by atoms with E-state index in [-0.39, 0.29) is 0 Å². The Morgan fingerprint density at radius 2 is 0.738 bits per heavy atom. The van der Waals surface area contributed by atoms with Gasteiger partial charge >= 0.3 is 0 Å². The van der Waals surface area contributed by atoms with Gasteiger partial charge in [-0.3, -0.25) is 29.9 Å². The van der Waals surface area contributed by atoms with Crippen LogP contribution < -0.4 is 0 Å². The SMILES string of the molecule is CC.CC.CC.CC.CC.CC.CC.CC.CC.CC.CC.CC1=CC=C2C=CC=C3C=CC=C1C32.Cc1cccc2cccnc12.Cc1ccccn1.Cc1cccnc1.Cc1ccncc1.Cc1ccncn1.Cc1cnccn1.Cc1cncnc1.Cc1ncccn1.Cc1ncncn1. The summed E-state index contributed by atoms with van der Waals surface area (Å²) in [7, 11) is 0. The van der Waals surface area contributed by atoms with Crippen LogP contribution in [-0.2, 0) is 0 Å². The van der Waals surface area contributed by atoms with Gasteiger partial charge in [0.15, 0.2) is 0 Å². The van der Waals surface area contributed by atoms with E-state index in [2.05, 4.69) is 161 Å². The van der Waals surface area contributed by atoms with Gasteiger partial charge in [0, 0.05) is 109 Å². The predicted octanol–water partition coefficient (Wildman–Crippen LogP) is 24.8. The van der Waals surface area contributed by atoms with Crippen LogP contribution in [-0.4, -0.2) is 74.8 Å². The maximum atomic E-state index is 4.28. The van der Waals surface area contributed by atoms with Crippen molar-refractivity contribution in [1.82, 2.24) is 74.8 Å². The van der Waals surface area contributed by atoms with Gasteiger partial charge in [-0.05, 0) is 162 Å². The molecule has 15 nitrogen and oxygen atoms in total. The molecule has 0 amide bonds. The summed E-state index contributed by atoms with van der Waals surface area (Å²) in [6, 6.07) is 27.7. The van der Waals surface area contributed by atoms with Crippen molar-refractivity contribution in [2.45, 2.75) is 222 Å². The standard InChI is InChI=1S/C14H12.C10H9N.3C6H7N.4C5H6N2.C4H5N3.11C2H6/c1-10-8-9-12-5-2-4-11-6-3-7-13(10)14(11)12;1-8-4-2-5-9-6-3-7-11-10(8)9;1-6-2-4-7-5-3-6;1-6-3-2-4-7-5-6;1-6-4-2-3-5-7-6;1-5-2-6-4-7-3-5;1-5-4-6-2-3-7-5;1-5-2-3-6-4-7-5;1-5-6-3-2-4-7-5;1-4-6-2-5-3-7-4;11*1-2/h2-9,14H,1H3;2-7H,1H3;3*2-5H,1H3;4*2-4H,1H3;2-3H,1H3;11*1-2H3. The van der Waals surface area contributed by atoms with Crippen molar-refractivity contribution in [2.24, 2.45) is 5.92 Å². The molecule has 1 aromatic carbocycles. The molecule has 0 fully saturated rings. The van der Waals surface area contributed by atoms with Gasteiger partial charge in [0.1, 0.15) is 37.0 Å². The van der Waals surface area contributed by atoms with Crippen LogP contribution in [0.25, 0.3) is 10.9 Å². The zero-order valence-electron chi connectivity index (χ0n) is 69.9. The number of allylic oxidation sites excluding steroid dienone is 12. The highest BCUT2D eigenvalue weighted by atomic mass is 15.0. The van der Waals surface area contributed by atoms with Crippen molar-refractivity contribution < 1.29 is 0 Å². The summed E-state index contributed by atoms with van der Waals surface area (Å²) in [6.07, 6.45) is 48.2. The Bertz CT molecular complexity index is 2990. The van der Waals surface area contributed by atoms with Gasteiger partial charge in [-0.25, -0.2) is 44.9 Å². The van der Waals surface area contributed by atoms with Crippen molar-refractivity contribution in [3.8, 4) is 0 Å². The normalized spacial score (nSPS) is 10.2. The van der Waals surface area contributed by atoms with Gasteiger partial charge in [-0.15, -0.1) is 0 Å². The van der Waals surface area contributed by atoms with Gasteiger partial charge in [-0.1, -0.05) is 237 Å². The lowest BCUT2D eigenvalue weighted by molar-refractivity contribution is 0.857. The Hall–Kier alpha value is -10.2. The molecular formula is C88H137N15. The van der Waals surface area contributed by atoms with Crippen LogP contribution in [0.1, 0.15) is 210 Å². The van der Waals surface area contributed by atoms with Crippen LogP contribution in [0.15, 0.2) is 268 Å². The maximum absolute atomic E-state index is 4.28. The molecule has 0 bridgehead atoms. The fourth-order valence-corrected chi connectivity index (χ4v) is 6.71. The molecule has 103 heavy (non-hydrogen) atoms. The van der Waals surface area contributed by atoms with Gasteiger partial charge in [0.25, 0.3) is 0 Å². The lowest BCUT2D eigenvalue weighted by atomic mass is 9.74. The van der Waals surface area contributed by atoms with Crippen molar-refractivity contribution >= 4 is 10.9 Å². The van der Waals surface area contributed by atoms with Gasteiger partial charge < -0.3 is 0 Å². The van der Waals surface area contributed by atoms with E-state index in [1.54, 1.807) is 80.4 Å². The lowest BCUT2D eigenvalue weighted by Gasteiger charge is -2.30. The zero-order valence-corrected chi connectivity index (χ0v) is 69.9. The van der Waals surface area contributed by atoms with E-state index in [9.17, 15) is 0 Å². The monoisotopic (exact) mass is 1400 g/mol. The Balaban J connectivity index is -0.000000159. The fourth-order valence-electron chi connectivity index (χ4n) is 6.71. The van der Waals surface area contributed by atoms with E-state index in [0.717, 1.165) is 39.8 Å². The Morgan fingerprint density at radius 3 is 1.10 bits per heavy atom. The molecule has 13 rings (SSSR count). The van der Waals surface area contributed by atoms with Crippen LogP contribution in [0.5, 0.6) is 0 Å². The first kappa shape index (κ1) is 109. The fraction of sp³-hybridized carbons (Fsp3) is 0.375. The maximum Gasteiger partial charge on any atom is 0.128 e. The summed E-state index contributed by atoms with van der Waals surface area (Å²) in [5.74, 6) is 2.09. The number of para-hydroxylation sites is 1. The lowest BCUT2D eigenvalue weighted by Crippen LogP contribution is -2.16. The molecule has 10 aromatic rings. The minimum absolute atomic E-state index is 0.509. The third-order valence-corrected chi connectivity index (χ3v) is 10.8. The van der Waals surface area contributed by atoms with E-state index in [1.807, 2.05) is 275 Å². The van der Waals surface area contributed by atoms with Crippen LogP contribution in [0, 0.1) is 68.2 Å². The molecule has 1 atom stereocenters. The van der Waals surface area contributed by atoms with E-state index in [4.69, 9.17) is 0 Å². The Labute approximate surface area is 628 Å². The number of hydrogen-bond acceptors (Lipinski definition) is 15. The number of hydrogen-bond donors (Lipinski definition) is 0. The van der Waals surface area contributed by atoms with Crippen LogP contribution in [0.4, 0.5) is 0 Å². The molecule has 0 aliphatic heterocycles. The molecule has 3 aliphatic rings. The number of pyridine rings is 4.